The van der Waals surface area contributed by atoms with Gasteiger partial charge in [0.05, 0.1) is 0 Å². The average molecular weight is 211 g/mol. The summed E-state index contributed by atoms with van der Waals surface area (Å²) >= 11 is 0. The first kappa shape index (κ1) is 15.7. The predicted molar refractivity (Wildman–Crippen MR) is 10.5 cm³/mol. The van der Waals surface area contributed by atoms with Gasteiger partial charge in [-0.15, -0.1) is 0 Å². The van der Waals surface area contributed by atoms with E-state index in [-0.39, 0.29) is 41.2 Å². The number of hydrogen-bond acceptors (Lipinski definition) is 4. The van der Waals surface area contributed by atoms with Gasteiger partial charge in [0.2, 0.25) is 0 Å². The normalized spacial score (nSPS) is 8.29. The molecule has 7 heavy (non-hydrogen) atoms. The van der Waals surface area contributed by atoms with Crippen molar-refractivity contribution < 1.29 is 58.8 Å². The van der Waals surface area contributed by atoms with Crippen LogP contribution in [0.15, 0.2) is 0 Å². The van der Waals surface area contributed by atoms with Crippen LogP contribution in [0.4, 0.5) is 0 Å². The Labute approximate surface area is 68.9 Å². The second kappa shape index (κ2) is 5.35. The zero-order valence-corrected chi connectivity index (χ0v) is 5.64. The van der Waals surface area contributed by atoms with Crippen LogP contribution >= 0.6 is 0 Å². The maximum atomic E-state index is 8.52. The summed E-state index contributed by atoms with van der Waals surface area (Å²) in [5.41, 5.74) is 0. The van der Waals surface area contributed by atoms with Crippen LogP contribution in [-0.2, 0) is 32.8 Å². The number of hydrogen-bond donors (Lipinski definition) is 0. The Balaban J connectivity index is -0.0000000800. The summed E-state index contributed by atoms with van der Waals surface area (Å²) in [6.45, 7) is 0. The molecule has 0 aliphatic heterocycles. The molecule has 0 amide bonds. The van der Waals surface area contributed by atoms with Crippen LogP contribution in [0.5, 0.6) is 0 Å². The molecule has 0 atom stereocenters. The molecule has 0 spiro atoms. The summed E-state index contributed by atoms with van der Waals surface area (Å²) in [6.07, 6.45) is 0. The van der Waals surface area contributed by atoms with Crippen LogP contribution in [-0.4, -0.2) is 17.5 Å². The predicted octanol–water partition coefficient (Wildman–Crippen LogP) is -4.34. The standard InChI is InChI=1S/Ag.Li.H2O4S/c;;1-5(2,3)4/h;;(H2,1,2,3,4)/q2*+1;/p-2. The van der Waals surface area contributed by atoms with Gasteiger partial charge in [0, 0.05) is 10.4 Å². The molecule has 0 saturated carbocycles. The van der Waals surface area contributed by atoms with E-state index in [4.69, 9.17) is 17.5 Å². The smallest absolute Gasteiger partial charge is 0.759 e. The summed E-state index contributed by atoms with van der Waals surface area (Å²) in [6, 6.07) is 0. The van der Waals surface area contributed by atoms with Gasteiger partial charge in [-0.2, -0.15) is 0 Å². The summed E-state index contributed by atoms with van der Waals surface area (Å²) in [5, 5.41) is 0. The van der Waals surface area contributed by atoms with Gasteiger partial charge in [0.1, 0.15) is 0 Å². The molecule has 7 heteroatoms. The van der Waals surface area contributed by atoms with Crippen molar-refractivity contribution in [2.45, 2.75) is 0 Å². The Morgan fingerprint density at radius 3 is 1.14 bits per heavy atom. The molecule has 0 rings (SSSR count). The maximum absolute atomic E-state index is 8.52. The van der Waals surface area contributed by atoms with E-state index in [1.54, 1.807) is 0 Å². The molecule has 0 aromatic carbocycles. The third-order valence-corrected chi connectivity index (χ3v) is 0. The molecule has 4 nitrogen and oxygen atoms in total. The topological polar surface area (TPSA) is 80.3 Å². The van der Waals surface area contributed by atoms with E-state index < -0.39 is 10.4 Å². The second-order valence-electron chi connectivity index (χ2n) is 0.408. The van der Waals surface area contributed by atoms with Crippen molar-refractivity contribution in [3.8, 4) is 0 Å². The van der Waals surface area contributed by atoms with Gasteiger partial charge < -0.3 is 9.11 Å². The minimum atomic E-state index is -5.17. The largest absolute Gasteiger partial charge is 1.00 e. The molecule has 0 saturated heterocycles. The minimum absolute atomic E-state index is 0. The molecular formula is AgLiO4S. The molecular weight excluding hydrogens is 211 g/mol. The van der Waals surface area contributed by atoms with E-state index in [1.807, 2.05) is 0 Å². The fraction of sp³-hybridized carbons (Fsp3) is 0. The van der Waals surface area contributed by atoms with Crippen molar-refractivity contribution in [1.29, 1.82) is 0 Å². The van der Waals surface area contributed by atoms with Gasteiger partial charge >= 0.3 is 41.2 Å². The van der Waals surface area contributed by atoms with Crippen LogP contribution < -0.4 is 18.9 Å². The molecule has 0 radical (unpaired) electrons. The Morgan fingerprint density at radius 2 is 1.14 bits per heavy atom. The third-order valence-electron chi connectivity index (χ3n) is 0. The minimum Gasteiger partial charge on any atom is -0.759 e. The molecule has 0 aliphatic rings. The summed E-state index contributed by atoms with van der Waals surface area (Å²) in [7, 11) is -5.17. The van der Waals surface area contributed by atoms with Crippen LogP contribution in [0.2, 0.25) is 0 Å². The van der Waals surface area contributed by atoms with E-state index in [0.29, 0.717) is 0 Å². The first-order valence-corrected chi connectivity index (χ1v) is 2.00. The molecule has 0 N–H and O–H groups in total. The van der Waals surface area contributed by atoms with Crippen LogP contribution in [0.3, 0.4) is 0 Å². The van der Waals surface area contributed by atoms with Crippen molar-refractivity contribution in [2.24, 2.45) is 0 Å². The van der Waals surface area contributed by atoms with E-state index in [9.17, 15) is 0 Å². The Bertz CT molecular complexity index is 94.9. The van der Waals surface area contributed by atoms with Crippen LogP contribution in [0, 0.1) is 0 Å². The first-order chi connectivity index (χ1) is 2.00. The maximum Gasteiger partial charge on any atom is 1.00 e. The Kier molecular flexibility index (Phi) is 12.0. The van der Waals surface area contributed by atoms with Gasteiger partial charge in [-0.3, -0.25) is 8.42 Å². The SMILES string of the molecule is O=S(=O)([O-])[O-].[Ag+].[Li+]. The summed E-state index contributed by atoms with van der Waals surface area (Å²) in [5.74, 6) is 0. The fourth-order valence-electron chi connectivity index (χ4n) is 0. The fourth-order valence-corrected chi connectivity index (χ4v) is 0. The molecule has 0 heterocycles. The van der Waals surface area contributed by atoms with E-state index in [1.165, 1.54) is 0 Å². The summed E-state index contributed by atoms with van der Waals surface area (Å²) in [4.78, 5) is 0. The average Bonchev–Trinajstić information content (AvgIpc) is 0.722. The molecule has 0 aliphatic carbocycles. The molecule has 0 aromatic rings. The van der Waals surface area contributed by atoms with Crippen LogP contribution in [0.25, 0.3) is 0 Å². The van der Waals surface area contributed by atoms with Crippen molar-refractivity contribution in [2.75, 3.05) is 0 Å². The van der Waals surface area contributed by atoms with Crippen molar-refractivity contribution in [3.05, 3.63) is 0 Å². The Morgan fingerprint density at radius 1 is 1.14 bits per heavy atom. The molecule has 42 valence electrons. The van der Waals surface area contributed by atoms with Gasteiger partial charge in [-0.1, -0.05) is 0 Å². The Hall–Kier alpha value is 1.21. The van der Waals surface area contributed by atoms with Crippen molar-refractivity contribution >= 4 is 10.4 Å². The van der Waals surface area contributed by atoms with E-state index in [2.05, 4.69) is 0 Å². The number of rotatable bonds is 0. The quantitative estimate of drug-likeness (QED) is 0.230. The first-order valence-electron chi connectivity index (χ1n) is 0.667. The van der Waals surface area contributed by atoms with Gasteiger partial charge in [-0.25, -0.2) is 0 Å². The molecule has 0 unspecified atom stereocenters. The molecule has 0 fully saturated rings. The van der Waals surface area contributed by atoms with Crippen molar-refractivity contribution in [3.63, 3.8) is 0 Å². The zero-order chi connectivity index (χ0) is 4.50. The van der Waals surface area contributed by atoms with E-state index in [0.717, 1.165) is 0 Å². The second-order valence-corrected chi connectivity index (χ2v) is 1.22. The van der Waals surface area contributed by atoms with Gasteiger partial charge in [0.25, 0.3) is 0 Å². The van der Waals surface area contributed by atoms with Crippen LogP contribution in [0.1, 0.15) is 0 Å². The third kappa shape index (κ3) is 134. The molecule has 0 bridgehead atoms. The van der Waals surface area contributed by atoms with Crippen molar-refractivity contribution in [1.82, 2.24) is 0 Å². The summed E-state index contributed by atoms with van der Waals surface area (Å²) < 4.78 is 34.1. The van der Waals surface area contributed by atoms with Gasteiger partial charge in [0.15, 0.2) is 0 Å². The zero-order valence-electron chi connectivity index (χ0n) is 3.34. The monoisotopic (exact) mass is 210 g/mol. The van der Waals surface area contributed by atoms with Gasteiger partial charge in [-0.05, 0) is 0 Å². The van der Waals surface area contributed by atoms with E-state index >= 15 is 0 Å². The molecule has 0 aromatic heterocycles.